The average molecular weight is 448 g/mol. The van der Waals surface area contributed by atoms with Crippen molar-refractivity contribution in [2.24, 2.45) is 5.92 Å². The van der Waals surface area contributed by atoms with Crippen molar-refractivity contribution in [1.82, 2.24) is 16.0 Å². The van der Waals surface area contributed by atoms with Crippen molar-refractivity contribution >= 4 is 17.7 Å². The van der Waals surface area contributed by atoms with Crippen molar-refractivity contribution < 1.29 is 14.4 Å². The lowest BCUT2D eigenvalue weighted by molar-refractivity contribution is -0.127. The molecule has 3 N–H and O–H groups in total. The van der Waals surface area contributed by atoms with Gasteiger partial charge in [0.1, 0.15) is 0 Å². The number of hydrogen-bond donors (Lipinski definition) is 3. The van der Waals surface area contributed by atoms with E-state index in [9.17, 15) is 14.4 Å². The quantitative estimate of drug-likeness (QED) is 0.460. The predicted molar refractivity (Wildman–Crippen MR) is 127 cm³/mol. The van der Waals surface area contributed by atoms with Gasteiger partial charge in [-0.1, -0.05) is 57.8 Å². The molecule has 6 heteroatoms. The first-order valence-electron chi connectivity index (χ1n) is 13.5. The van der Waals surface area contributed by atoms with Gasteiger partial charge < -0.3 is 16.0 Å². The zero-order valence-electron chi connectivity index (χ0n) is 20.0. The minimum atomic E-state index is -0.272. The fourth-order valence-electron chi connectivity index (χ4n) is 5.68. The maximum Gasteiger partial charge on any atom is 0.223 e. The standard InChI is InChI=1S/C26H45N3O3/c30-24(27-21-10-4-1-5-11-21)18-16-20(26(32)29-23-14-8-3-9-15-23)17-19-25(31)28-22-12-6-2-7-13-22/h20-23H,1-19H2,(H,27,30)(H,28,31)(H,29,32). The van der Waals surface area contributed by atoms with Crippen molar-refractivity contribution in [3.8, 4) is 0 Å². The smallest absolute Gasteiger partial charge is 0.223 e. The molecule has 3 saturated carbocycles. The summed E-state index contributed by atoms with van der Waals surface area (Å²) in [5.41, 5.74) is 0. The van der Waals surface area contributed by atoms with Gasteiger partial charge in [0.05, 0.1) is 0 Å². The van der Waals surface area contributed by atoms with E-state index in [1.807, 2.05) is 0 Å². The Hall–Kier alpha value is -1.59. The SMILES string of the molecule is O=C(CCC(CCC(=O)NC1CCCCC1)C(=O)NC1CCCCC1)NC1CCCCC1. The fourth-order valence-corrected chi connectivity index (χ4v) is 5.68. The highest BCUT2D eigenvalue weighted by Crippen LogP contribution is 2.22. The molecule has 3 amide bonds. The zero-order valence-corrected chi connectivity index (χ0v) is 20.0. The van der Waals surface area contributed by atoms with Crippen LogP contribution in [0.25, 0.3) is 0 Å². The van der Waals surface area contributed by atoms with Crippen molar-refractivity contribution in [3.63, 3.8) is 0 Å². The van der Waals surface area contributed by atoms with Crippen LogP contribution in [0.4, 0.5) is 0 Å². The molecule has 0 aromatic carbocycles. The molecule has 0 aliphatic heterocycles. The molecule has 3 aliphatic carbocycles. The summed E-state index contributed by atoms with van der Waals surface area (Å²) < 4.78 is 0. The van der Waals surface area contributed by atoms with Gasteiger partial charge in [0.25, 0.3) is 0 Å². The molecule has 3 fully saturated rings. The third-order valence-electron chi connectivity index (χ3n) is 7.70. The lowest BCUT2D eigenvalue weighted by atomic mass is 9.91. The van der Waals surface area contributed by atoms with E-state index in [0.29, 0.717) is 37.8 Å². The van der Waals surface area contributed by atoms with Crippen molar-refractivity contribution in [3.05, 3.63) is 0 Å². The summed E-state index contributed by atoms with van der Waals surface area (Å²) in [4.78, 5) is 38.1. The van der Waals surface area contributed by atoms with E-state index in [4.69, 9.17) is 0 Å². The van der Waals surface area contributed by atoms with E-state index in [-0.39, 0.29) is 29.7 Å². The number of hydrogen-bond acceptors (Lipinski definition) is 3. The first kappa shape index (κ1) is 25.0. The van der Waals surface area contributed by atoms with Crippen LogP contribution in [0, 0.1) is 5.92 Å². The molecule has 0 unspecified atom stereocenters. The van der Waals surface area contributed by atoms with Crippen molar-refractivity contribution in [1.29, 1.82) is 0 Å². The molecule has 0 saturated heterocycles. The van der Waals surface area contributed by atoms with Crippen LogP contribution in [0.5, 0.6) is 0 Å². The number of rotatable bonds is 10. The second kappa shape index (κ2) is 13.8. The minimum absolute atomic E-state index is 0.0350. The van der Waals surface area contributed by atoms with Crippen molar-refractivity contribution in [2.75, 3.05) is 0 Å². The van der Waals surface area contributed by atoms with E-state index in [1.54, 1.807) is 0 Å². The summed E-state index contributed by atoms with van der Waals surface area (Å²) >= 11 is 0. The molecule has 3 rings (SSSR count). The van der Waals surface area contributed by atoms with Gasteiger partial charge in [-0.05, 0) is 51.4 Å². The Bertz CT molecular complexity index is 555. The van der Waals surface area contributed by atoms with Crippen LogP contribution < -0.4 is 16.0 Å². The van der Waals surface area contributed by atoms with Crippen LogP contribution in [0.3, 0.4) is 0 Å². The highest BCUT2D eigenvalue weighted by Gasteiger charge is 2.25. The Morgan fingerprint density at radius 2 is 0.875 bits per heavy atom. The Kier molecular flexibility index (Phi) is 10.8. The first-order chi connectivity index (χ1) is 15.6. The summed E-state index contributed by atoms with van der Waals surface area (Å²) in [7, 11) is 0. The summed E-state index contributed by atoms with van der Waals surface area (Å²) in [6.45, 7) is 0. The Balaban J connectivity index is 1.46. The van der Waals surface area contributed by atoms with Crippen LogP contribution in [0.2, 0.25) is 0 Å². The molecule has 0 aromatic heterocycles. The van der Waals surface area contributed by atoms with Gasteiger partial charge in [-0.2, -0.15) is 0 Å². The average Bonchev–Trinajstić information content (AvgIpc) is 2.81. The second-order valence-corrected chi connectivity index (χ2v) is 10.4. The molecule has 0 bridgehead atoms. The van der Waals surface area contributed by atoms with Crippen LogP contribution in [0.1, 0.15) is 122 Å². The van der Waals surface area contributed by atoms with Gasteiger partial charge >= 0.3 is 0 Å². The Morgan fingerprint density at radius 3 is 1.25 bits per heavy atom. The summed E-state index contributed by atoms with van der Waals surface area (Å²) in [6, 6.07) is 0.852. The molecule has 182 valence electrons. The van der Waals surface area contributed by atoms with E-state index in [1.165, 1.54) is 57.8 Å². The minimum Gasteiger partial charge on any atom is -0.353 e. The summed E-state index contributed by atoms with van der Waals surface area (Å²) in [5, 5.41) is 9.55. The normalized spacial score (nSPS) is 21.3. The van der Waals surface area contributed by atoms with Gasteiger partial charge in [-0.3, -0.25) is 14.4 Å². The fraction of sp³-hybridized carbons (Fsp3) is 0.885. The molecule has 0 aromatic rings. The molecule has 0 spiro atoms. The highest BCUT2D eigenvalue weighted by molar-refractivity contribution is 5.82. The van der Waals surface area contributed by atoms with Gasteiger partial charge in [0.2, 0.25) is 17.7 Å². The summed E-state index contributed by atoms with van der Waals surface area (Å²) in [6.07, 6.45) is 19.0. The topological polar surface area (TPSA) is 87.3 Å². The van der Waals surface area contributed by atoms with Gasteiger partial charge in [0.15, 0.2) is 0 Å². The molecular formula is C26H45N3O3. The maximum absolute atomic E-state index is 13.0. The predicted octanol–water partition coefficient (Wildman–Crippen LogP) is 4.51. The van der Waals surface area contributed by atoms with Crippen molar-refractivity contribution in [2.45, 2.75) is 140 Å². The number of carbonyl (C=O) groups excluding carboxylic acids is 3. The first-order valence-corrected chi connectivity index (χ1v) is 13.5. The third kappa shape index (κ3) is 9.11. The second-order valence-electron chi connectivity index (χ2n) is 10.4. The number of carbonyl (C=O) groups is 3. The lowest BCUT2D eigenvalue weighted by Gasteiger charge is -2.26. The molecular weight excluding hydrogens is 402 g/mol. The molecule has 0 atom stereocenters. The molecule has 32 heavy (non-hydrogen) atoms. The molecule has 6 nitrogen and oxygen atoms in total. The van der Waals surface area contributed by atoms with Crippen LogP contribution in [0.15, 0.2) is 0 Å². The highest BCUT2D eigenvalue weighted by atomic mass is 16.2. The monoisotopic (exact) mass is 447 g/mol. The van der Waals surface area contributed by atoms with E-state index in [0.717, 1.165) is 38.5 Å². The van der Waals surface area contributed by atoms with Gasteiger partial charge in [0, 0.05) is 36.9 Å². The number of nitrogens with one attached hydrogen (secondary N) is 3. The Labute approximate surface area is 194 Å². The third-order valence-corrected chi connectivity index (χ3v) is 7.70. The van der Waals surface area contributed by atoms with E-state index < -0.39 is 0 Å². The zero-order chi connectivity index (χ0) is 22.6. The van der Waals surface area contributed by atoms with Crippen LogP contribution >= 0.6 is 0 Å². The van der Waals surface area contributed by atoms with Gasteiger partial charge in [-0.15, -0.1) is 0 Å². The lowest BCUT2D eigenvalue weighted by Crippen LogP contribution is -2.41. The van der Waals surface area contributed by atoms with E-state index >= 15 is 0 Å². The molecule has 0 heterocycles. The van der Waals surface area contributed by atoms with Crippen LogP contribution in [-0.2, 0) is 14.4 Å². The largest absolute Gasteiger partial charge is 0.353 e. The van der Waals surface area contributed by atoms with Gasteiger partial charge in [-0.25, -0.2) is 0 Å². The summed E-state index contributed by atoms with van der Waals surface area (Å²) in [5.74, 6) is -0.128. The molecule has 0 radical (unpaired) electrons. The number of amides is 3. The maximum atomic E-state index is 13.0. The molecule has 3 aliphatic rings. The Morgan fingerprint density at radius 1 is 0.531 bits per heavy atom. The van der Waals surface area contributed by atoms with E-state index in [2.05, 4.69) is 16.0 Å². The van der Waals surface area contributed by atoms with Crippen LogP contribution in [-0.4, -0.2) is 35.8 Å².